The van der Waals surface area contributed by atoms with Crippen LogP contribution in [0, 0.1) is 13.8 Å². The molecule has 0 radical (unpaired) electrons. The van der Waals surface area contributed by atoms with Gasteiger partial charge >= 0.3 is 5.97 Å². The van der Waals surface area contributed by atoms with Crippen LogP contribution in [0.4, 0.5) is 0 Å². The number of aryl methyl sites for hydroxylation is 2. The molecule has 5 rings (SSSR count). The number of allylic oxidation sites excluding steroid dienone is 1. The van der Waals surface area contributed by atoms with Gasteiger partial charge in [0, 0.05) is 11.1 Å². The predicted molar refractivity (Wildman–Crippen MR) is 142 cm³/mol. The van der Waals surface area contributed by atoms with E-state index in [2.05, 4.69) is 18.2 Å². The number of fused-ring (bicyclic) bond motifs is 3. The summed E-state index contributed by atoms with van der Waals surface area (Å²) in [6.45, 7) is 7.29. The molecule has 4 aromatic carbocycles. The van der Waals surface area contributed by atoms with E-state index in [1.54, 1.807) is 25.1 Å². The summed E-state index contributed by atoms with van der Waals surface area (Å²) >= 11 is 0. The maximum absolute atomic E-state index is 12.9. The monoisotopic (exact) mass is 476 g/mol. The van der Waals surface area contributed by atoms with Crippen LogP contribution in [0.5, 0.6) is 17.2 Å². The first-order valence-corrected chi connectivity index (χ1v) is 12.0. The van der Waals surface area contributed by atoms with Gasteiger partial charge in [0.25, 0.3) is 0 Å². The molecule has 0 aromatic heterocycles. The van der Waals surface area contributed by atoms with Crippen molar-refractivity contribution in [2.75, 3.05) is 0 Å². The third kappa shape index (κ3) is 3.41. The number of carbonyl (C=O) groups is 1. The fourth-order valence-electron chi connectivity index (χ4n) is 5.25. The zero-order valence-electron chi connectivity index (χ0n) is 20.8. The van der Waals surface area contributed by atoms with Crippen molar-refractivity contribution in [3.8, 4) is 28.4 Å². The van der Waals surface area contributed by atoms with Gasteiger partial charge in [0.1, 0.15) is 17.2 Å². The fourth-order valence-corrected chi connectivity index (χ4v) is 5.25. The van der Waals surface area contributed by atoms with Gasteiger partial charge in [-0.25, -0.2) is 4.79 Å². The maximum atomic E-state index is 12.9. The highest BCUT2D eigenvalue weighted by Gasteiger charge is 2.48. The van der Waals surface area contributed by atoms with Crippen LogP contribution in [0.3, 0.4) is 0 Å². The standard InChI is InChI=1S/C32H28O4/c1-5-19(2)31(35)36-29-12-8-10-25-24-9-6-7-11-26(24)32(30(25)29,22-13-15-27(33)20(3)17-22)23-14-16-28(34)21(4)18-23/h5-18,33-34H,1-4H3. The van der Waals surface area contributed by atoms with Gasteiger partial charge in [0.2, 0.25) is 0 Å². The van der Waals surface area contributed by atoms with Crippen molar-refractivity contribution in [2.45, 2.75) is 33.1 Å². The van der Waals surface area contributed by atoms with Crippen molar-refractivity contribution < 1.29 is 19.7 Å². The van der Waals surface area contributed by atoms with E-state index < -0.39 is 11.4 Å². The molecule has 2 N–H and O–H groups in total. The van der Waals surface area contributed by atoms with Crippen LogP contribution in [0.1, 0.15) is 47.2 Å². The summed E-state index contributed by atoms with van der Waals surface area (Å²) in [6.07, 6.45) is 1.74. The molecule has 0 atom stereocenters. The molecule has 4 nitrogen and oxygen atoms in total. The number of esters is 1. The van der Waals surface area contributed by atoms with Crippen molar-refractivity contribution in [3.63, 3.8) is 0 Å². The molecule has 0 heterocycles. The first-order chi connectivity index (χ1) is 17.3. The van der Waals surface area contributed by atoms with Crippen LogP contribution in [-0.2, 0) is 10.2 Å². The van der Waals surface area contributed by atoms with E-state index in [0.29, 0.717) is 11.3 Å². The van der Waals surface area contributed by atoms with E-state index in [0.717, 1.165) is 44.5 Å². The van der Waals surface area contributed by atoms with E-state index in [9.17, 15) is 15.0 Å². The van der Waals surface area contributed by atoms with Gasteiger partial charge in [-0.15, -0.1) is 0 Å². The Labute approximate surface area is 211 Å². The number of phenols is 2. The number of aromatic hydroxyl groups is 2. The normalized spacial score (nSPS) is 13.7. The first kappa shape index (κ1) is 23.4. The van der Waals surface area contributed by atoms with E-state index >= 15 is 0 Å². The molecule has 180 valence electrons. The number of benzene rings is 4. The van der Waals surface area contributed by atoms with E-state index in [4.69, 9.17) is 4.74 Å². The van der Waals surface area contributed by atoms with E-state index in [1.807, 2.05) is 69.3 Å². The Morgan fingerprint density at radius 2 is 1.39 bits per heavy atom. The van der Waals surface area contributed by atoms with Gasteiger partial charge in [0.05, 0.1) is 5.41 Å². The van der Waals surface area contributed by atoms with Crippen molar-refractivity contribution in [1.82, 2.24) is 0 Å². The Kier molecular flexibility index (Phi) is 5.68. The minimum atomic E-state index is -0.844. The molecule has 0 bridgehead atoms. The Morgan fingerprint density at radius 3 is 1.97 bits per heavy atom. The molecule has 0 amide bonds. The van der Waals surface area contributed by atoms with E-state index in [1.165, 1.54) is 0 Å². The SMILES string of the molecule is CC=C(C)C(=O)Oc1cccc2c1C(c1ccc(O)c(C)c1)(c1ccc(O)c(C)c1)c1ccccc1-2. The van der Waals surface area contributed by atoms with Gasteiger partial charge in [-0.1, -0.05) is 66.7 Å². The second kappa shape index (κ2) is 8.72. The van der Waals surface area contributed by atoms with Gasteiger partial charge in [0.15, 0.2) is 0 Å². The number of carbonyl (C=O) groups excluding carboxylic acids is 1. The summed E-state index contributed by atoms with van der Waals surface area (Å²) in [4.78, 5) is 12.9. The van der Waals surface area contributed by atoms with Gasteiger partial charge in [-0.2, -0.15) is 0 Å². The average molecular weight is 477 g/mol. The number of phenolic OH excluding ortho intramolecular Hbond substituents is 2. The number of ether oxygens (including phenoxy) is 1. The molecule has 0 unspecified atom stereocenters. The van der Waals surface area contributed by atoms with Crippen molar-refractivity contribution in [1.29, 1.82) is 0 Å². The van der Waals surface area contributed by atoms with Crippen LogP contribution in [0.15, 0.2) is 90.5 Å². The van der Waals surface area contributed by atoms with Gasteiger partial charge in [-0.05, 0) is 84.8 Å². The van der Waals surface area contributed by atoms with Crippen LogP contribution in [-0.4, -0.2) is 16.2 Å². The van der Waals surface area contributed by atoms with Crippen LogP contribution in [0.2, 0.25) is 0 Å². The highest BCUT2D eigenvalue weighted by Crippen LogP contribution is 2.59. The summed E-state index contributed by atoms with van der Waals surface area (Å²) in [5.74, 6) is 0.502. The predicted octanol–water partition coefficient (Wildman–Crippen LogP) is 6.95. The summed E-state index contributed by atoms with van der Waals surface area (Å²) in [7, 11) is 0. The molecule has 4 aromatic rings. The lowest BCUT2D eigenvalue weighted by Crippen LogP contribution is -2.30. The van der Waals surface area contributed by atoms with Gasteiger partial charge in [-0.3, -0.25) is 0 Å². The molecule has 4 heteroatoms. The number of rotatable bonds is 4. The zero-order valence-corrected chi connectivity index (χ0v) is 20.8. The smallest absolute Gasteiger partial charge is 0.338 e. The summed E-state index contributed by atoms with van der Waals surface area (Å²) in [5.41, 5.74) is 6.95. The maximum Gasteiger partial charge on any atom is 0.338 e. The fraction of sp³-hybridized carbons (Fsp3) is 0.156. The Bertz CT molecular complexity index is 1490. The third-order valence-corrected chi connectivity index (χ3v) is 7.24. The molecule has 0 aliphatic heterocycles. The van der Waals surface area contributed by atoms with Crippen LogP contribution < -0.4 is 4.74 Å². The van der Waals surface area contributed by atoms with Gasteiger partial charge < -0.3 is 14.9 Å². The number of hydrogen-bond donors (Lipinski definition) is 2. The molecular weight excluding hydrogens is 448 g/mol. The van der Waals surface area contributed by atoms with Crippen molar-refractivity contribution in [3.05, 3.63) is 124 Å². The molecule has 1 aliphatic carbocycles. The molecule has 0 saturated carbocycles. The highest BCUT2D eigenvalue weighted by atomic mass is 16.5. The second-order valence-corrected chi connectivity index (χ2v) is 9.34. The zero-order chi connectivity index (χ0) is 25.6. The first-order valence-electron chi connectivity index (χ1n) is 12.0. The third-order valence-electron chi connectivity index (χ3n) is 7.24. The minimum Gasteiger partial charge on any atom is -0.508 e. The lowest BCUT2D eigenvalue weighted by Gasteiger charge is -2.35. The molecule has 1 aliphatic rings. The molecule has 0 saturated heterocycles. The molecule has 0 spiro atoms. The highest BCUT2D eigenvalue weighted by molar-refractivity contribution is 5.93. The quantitative estimate of drug-likeness (QED) is 0.167. The summed E-state index contributed by atoms with van der Waals surface area (Å²) < 4.78 is 6.04. The van der Waals surface area contributed by atoms with Crippen LogP contribution >= 0.6 is 0 Å². The minimum absolute atomic E-state index is 0.214. The Balaban J connectivity index is 1.94. The molecule has 0 fully saturated rings. The summed E-state index contributed by atoms with van der Waals surface area (Å²) in [5, 5.41) is 20.7. The summed E-state index contributed by atoms with van der Waals surface area (Å²) in [6, 6.07) is 25.2. The average Bonchev–Trinajstić information content (AvgIpc) is 3.19. The lowest BCUT2D eigenvalue weighted by molar-refractivity contribution is -0.130. The lowest BCUT2D eigenvalue weighted by atomic mass is 9.67. The second-order valence-electron chi connectivity index (χ2n) is 9.34. The van der Waals surface area contributed by atoms with Crippen molar-refractivity contribution in [2.24, 2.45) is 0 Å². The Hall–Kier alpha value is -4.31. The molecular formula is C32H28O4. The number of hydrogen-bond acceptors (Lipinski definition) is 4. The topological polar surface area (TPSA) is 66.8 Å². The largest absolute Gasteiger partial charge is 0.508 e. The van der Waals surface area contributed by atoms with Crippen molar-refractivity contribution >= 4 is 5.97 Å². The Morgan fingerprint density at radius 1 is 0.806 bits per heavy atom. The molecule has 36 heavy (non-hydrogen) atoms. The van der Waals surface area contributed by atoms with E-state index in [-0.39, 0.29) is 11.5 Å². The van der Waals surface area contributed by atoms with Crippen LogP contribution in [0.25, 0.3) is 11.1 Å².